The molecule has 2 amide bonds. The highest BCUT2D eigenvalue weighted by atomic mass is 16.3. The van der Waals surface area contributed by atoms with Crippen LogP contribution >= 0.6 is 0 Å². The average Bonchev–Trinajstić information content (AvgIpc) is 3.39. The summed E-state index contributed by atoms with van der Waals surface area (Å²) in [5.41, 5.74) is 2.03. The molecule has 2 unspecified atom stereocenters. The van der Waals surface area contributed by atoms with E-state index in [1.54, 1.807) is 6.26 Å². The molecular weight excluding hydrogens is 336 g/mol. The average molecular weight is 358 g/mol. The molecule has 0 radical (unpaired) electrons. The predicted molar refractivity (Wildman–Crippen MR) is 91.3 cm³/mol. The van der Waals surface area contributed by atoms with E-state index in [4.69, 9.17) is 4.42 Å². The smallest absolute Gasteiger partial charge is 0.255 e. The summed E-state index contributed by atoms with van der Waals surface area (Å²) in [4.78, 5) is 26.2. The molecule has 26 heavy (non-hydrogen) atoms. The topological polar surface area (TPSA) is 105 Å². The number of carbonyl (C=O) groups is 2. The first-order valence-corrected chi connectivity index (χ1v) is 8.85. The Balaban J connectivity index is 1.33. The quantitative estimate of drug-likeness (QED) is 0.793. The van der Waals surface area contributed by atoms with Crippen LogP contribution in [0.5, 0.6) is 0 Å². The first-order chi connectivity index (χ1) is 12.6. The highest BCUT2D eigenvalue weighted by Gasteiger charge is 2.35. The number of furan rings is 1. The third kappa shape index (κ3) is 3.22. The van der Waals surface area contributed by atoms with Crippen LogP contribution in [0.4, 0.5) is 0 Å². The van der Waals surface area contributed by atoms with Crippen molar-refractivity contribution in [3.63, 3.8) is 0 Å². The van der Waals surface area contributed by atoms with Gasteiger partial charge in [-0.25, -0.2) is 4.68 Å². The summed E-state index contributed by atoms with van der Waals surface area (Å²) in [6.07, 6.45) is 6.65. The van der Waals surface area contributed by atoms with Gasteiger partial charge in [0.2, 0.25) is 5.91 Å². The van der Waals surface area contributed by atoms with Crippen LogP contribution in [0.2, 0.25) is 0 Å². The lowest BCUT2D eigenvalue weighted by Gasteiger charge is -2.21. The predicted octanol–water partition coefficient (Wildman–Crippen LogP) is 0.245. The normalized spacial score (nSPS) is 23.3. The van der Waals surface area contributed by atoms with Crippen molar-refractivity contribution in [2.24, 2.45) is 0 Å². The minimum absolute atomic E-state index is 0.0134. The number of nitrogens with one attached hydrogen (secondary N) is 2. The Labute approximate surface area is 150 Å². The molecule has 2 aliphatic rings. The summed E-state index contributed by atoms with van der Waals surface area (Å²) in [6, 6.07) is 0.192. The maximum Gasteiger partial charge on any atom is 0.255 e. The number of hydrogen-bond donors (Lipinski definition) is 2. The lowest BCUT2D eigenvalue weighted by atomic mass is 10.2. The van der Waals surface area contributed by atoms with Crippen LogP contribution in [0.3, 0.4) is 0 Å². The van der Waals surface area contributed by atoms with E-state index in [0.29, 0.717) is 17.8 Å². The summed E-state index contributed by atoms with van der Waals surface area (Å²) in [6.45, 7) is 4.57. The molecule has 2 aromatic heterocycles. The number of nitrogens with zero attached hydrogens (tertiary/aromatic N) is 4. The number of rotatable bonds is 5. The second-order valence-electron chi connectivity index (χ2n) is 6.87. The van der Waals surface area contributed by atoms with E-state index in [0.717, 1.165) is 38.0 Å². The van der Waals surface area contributed by atoms with E-state index < -0.39 is 0 Å². The van der Waals surface area contributed by atoms with E-state index >= 15 is 0 Å². The molecule has 9 heteroatoms. The van der Waals surface area contributed by atoms with Crippen LogP contribution in [0.1, 0.15) is 40.5 Å². The highest BCUT2D eigenvalue weighted by molar-refractivity contribution is 5.95. The molecule has 2 aliphatic heterocycles. The molecule has 2 atom stereocenters. The maximum absolute atomic E-state index is 12.1. The van der Waals surface area contributed by atoms with E-state index in [1.165, 1.54) is 6.26 Å². The maximum atomic E-state index is 12.1. The van der Waals surface area contributed by atoms with E-state index in [2.05, 4.69) is 25.8 Å². The van der Waals surface area contributed by atoms with Crippen molar-refractivity contribution in [1.82, 2.24) is 30.5 Å². The molecular formula is C17H22N6O3. The van der Waals surface area contributed by atoms with Crippen LogP contribution in [0.15, 0.2) is 23.1 Å². The fraction of sp³-hybridized carbons (Fsp3) is 0.529. The van der Waals surface area contributed by atoms with Crippen molar-refractivity contribution in [1.29, 1.82) is 0 Å². The molecule has 0 aliphatic carbocycles. The Morgan fingerprint density at radius 1 is 1.42 bits per heavy atom. The lowest BCUT2D eigenvalue weighted by molar-refractivity contribution is -0.123. The number of aromatic nitrogens is 3. The molecule has 0 bridgehead atoms. The number of hydrogen-bond acceptors (Lipinski definition) is 6. The zero-order valence-corrected chi connectivity index (χ0v) is 14.6. The van der Waals surface area contributed by atoms with Crippen molar-refractivity contribution in [2.45, 2.75) is 38.4 Å². The third-order valence-electron chi connectivity index (χ3n) is 5.12. The van der Waals surface area contributed by atoms with Crippen molar-refractivity contribution in [3.8, 4) is 0 Å². The number of likely N-dealkylation sites (tertiary alicyclic amines) is 1. The second-order valence-corrected chi connectivity index (χ2v) is 6.87. The van der Waals surface area contributed by atoms with Crippen LogP contribution in [-0.4, -0.2) is 57.4 Å². The number of amides is 2. The van der Waals surface area contributed by atoms with Gasteiger partial charge in [0, 0.05) is 19.6 Å². The monoisotopic (exact) mass is 358 g/mol. The van der Waals surface area contributed by atoms with E-state index in [1.807, 2.05) is 17.8 Å². The molecule has 2 aromatic rings. The molecule has 2 saturated heterocycles. The number of carbonyl (C=O) groups excluding carboxylic acids is 2. The molecule has 2 fully saturated rings. The summed E-state index contributed by atoms with van der Waals surface area (Å²) in [7, 11) is 0. The molecule has 9 nitrogen and oxygen atoms in total. The van der Waals surface area contributed by atoms with Gasteiger partial charge in [0.1, 0.15) is 12.0 Å². The fourth-order valence-corrected chi connectivity index (χ4v) is 3.63. The summed E-state index contributed by atoms with van der Waals surface area (Å²) in [5.74, 6) is -0.0627. The summed E-state index contributed by atoms with van der Waals surface area (Å²) < 4.78 is 6.87. The Hall–Kier alpha value is -2.68. The van der Waals surface area contributed by atoms with E-state index in [-0.39, 0.29) is 23.9 Å². The second kappa shape index (κ2) is 6.91. The van der Waals surface area contributed by atoms with Crippen LogP contribution in [0.25, 0.3) is 0 Å². The fourth-order valence-electron chi connectivity index (χ4n) is 3.63. The Kier molecular flexibility index (Phi) is 4.46. The Morgan fingerprint density at radius 2 is 2.31 bits per heavy atom. The molecule has 4 rings (SSSR count). The van der Waals surface area contributed by atoms with Gasteiger partial charge in [-0.05, 0) is 25.3 Å². The first-order valence-electron chi connectivity index (χ1n) is 8.85. The van der Waals surface area contributed by atoms with E-state index in [9.17, 15) is 9.59 Å². The standard InChI is InChI=1S/C17H22N6O3/c1-11-9-26-10-14(11)16(24)19-6-12-7-23(21-20-12)13-3-5-22(8-13)15-2-4-18-17(15)25/h7,9-10,13,15H,2-6,8H2,1H3,(H,18,25)(H,19,24). The van der Waals surface area contributed by atoms with Crippen molar-refractivity contribution < 1.29 is 14.0 Å². The van der Waals surface area contributed by atoms with Gasteiger partial charge in [-0.15, -0.1) is 5.10 Å². The Bertz CT molecular complexity index is 813. The SMILES string of the molecule is Cc1cocc1C(=O)NCc1cn(C2CCN(C3CCNC3=O)C2)nn1. The van der Waals surface area contributed by atoms with Crippen molar-refractivity contribution in [2.75, 3.05) is 19.6 Å². The third-order valence-corrected chi connectivity index (χ3v) is 5.12. The largest absolute Gasteiger partial charge is 0.471 e. The zero-order valence-electron chi connectivity index (χ0n) is 14.6. The zero-order chi connectivity index (χ0) is 18.1. The van der Waals surface area contributed by atoms with Gasteiger partial charge in [0.15, 0.2) is 0 Å². The first kappa shape index (κ1) is 16.8. The molecule has 0 spiro atoms. The van der Waals surface area contributed by atoms with Crippen LogP contribution in [-0.2, 0) is 11.3 Å². The van der Waals surface area contributed by atoms with Gasteiger partial charge in [-0.1, -0.05) is 5.21 Å². The van der Waals surface area contributed by atoms with Crippen LogP contribution < -0.4 is 10.6 Å². The van der Waals surface area contributed by atoms with Gasteiger partial charge in [-0.3, -0.25) is 14.5 Å². The molecule has 2 N–H and O–H groups in total. The van der Waals surface area contributed by atoms with Gasteiger partial charge >= 0.3 is 0 Å². The summed E-state index contributed by atoms with van der Waals surface area (Å²) >= 11 is 0. The van der Waals surface area contributed by atoms with Gasteiger partial charge in [0.25, 0.3) is 5.91 Å². The van der Waals surface area contributed by atoms with Crippen LogP contribution in [0, 0.1) is 6.92 Å². The Morgan fingerprint density at radius 3 is 3.04 bits per heavy atom. The van der Waals surface area contributed by atoms with Gasteiger partial charge in [-0.2, -0.15) is 0 Å². The molecule has 4 heterocycles. The summed E-state index contributed by atoms with van der Waals surface area (Å²) in [5, 5.41) is 14.1. The molecule has 0 aromatic carbocycles. The number of aryl methyl sites for hydroxylation is 1. The van der Waals surface area contributed by atoms with Gasteiger partial charge < -0.3 is 15.1 Å². The molecule has 138 valence electrons. The highest BCUT2D eigenvalue weighted by Crippen LogP contribution is 2.25. The molecule has 0 saturated carbocycles. The minimum Gasteiger partial charge on any atom is -0.471 e. The van der Waals surface area contributed by atoms with Crippen molar-refractivity contribution >= 4 is 11.8 Å². The van der Waals surface area contributed by atoms with Crippen molar-refractivity contribution in [3.05, 3.63) is 35.5 Å². The van der Waals surface area contributed by atoms with Gasteiger partial charge in [0.05, 0.1) is 36.7 Å². The lowest BCUT2D eigenvalue weighted by Crippen LogP contribution is -2.39. The minimum atomic E-state index is -0.190.